The van der Waals surface area contributed by atoms with E-state index in [4.69, 9.17) is 4.74 Å². The molecule has 1 heterocycles. The maximum Gasteiger partial charge on any atom is 0.134 e. The fourth-order valence-corrected chi connectivity index (χ4v) is 2.80. The second-order valence-electron chi connectivity index (χ2n) is 4.76. The van der Waals surface area contributed by atoms with Crippen molar-refractivity contribution < 1.29 is 9.53 Å². The zero-order valence-electron chi connectivity index (χ0n) is 9.58. The summed E-state index contributed by atoms with van der Waals surface area (Å²) in [5, 5.41) is 0. The van der Waals surface area contributed by atoms with Crippen molar-refractivity contribution in [3.63, 3.8) is 0 Å². The number of carbonyl (C=O) groups is 1. The summed E-state index contributed by atoms with van der Waals surface area (Å²) in [7, 11) is 1.80. The van der Waals surface area contributed by atoms with Crippen LogP contribution in [0, 0.1) is 0 Å². The quantitative estimate of drug-likeness (QED) is 0.695. The van der Waals surface area contributed by atoms with Crippen LogP contribution in [0.3, 0.4) is 0 Å². The number of carbonyl (C=O) groups excluding carboxylic acids is 1. The van der Waals surface area contributed by atoms with Crippen molar-refractivity contribution in [3.8, 4) is 0 Å². The van der Waals surface area contributed by atoms with Crippen LogP contribution in [0.15, 0.2) is 0 Å². The molecular formula is C12H21NO2. The van der Waals surface area contributed by atoms with Crippen molar-refractivity contribution in [2.24, 2.45) is 0 Å². The van der Waals surface area contributed by atoms with Crippen molar-refractivity contribution in [2.75, 3.05) is 20.2 Å². The van der Waals surface area contributed by atoms with Crippen LogP contribution in [-0.2, 0) is 9.53 Å². The molecule has 1 aliphatic heterocycles. The standard InChI is InChI=1S/C12H21NO2/c1-15-12-3-2-7-13(8-6-12)10-4-5-11(14)9-10/h10,12H,2-9H2,1H3. The van der Waals surface area contributed by atoms with Crippen molar-refractivity contribution >= 4 is 5.78 Å². The fraction of sp³-hybridized carbons (Fsp3) is 0.917. The molecule has 3 nitrogen and oxygen atoms in total. The third kappa shape index (κ3) is 2.79. The van der Waals surface area contributed by atoms with Crippen molar-refractivity contribution in [2.45, 2.75) is 50.7 Å². The van der Waals surface area contributed by atoms with E-state index >= 15 is 0 Å². The molecule has 0 N–H and O–H groups in total. The highest BCUT2D eigenvalue weighted by Gasteiger charge is 2.29. The van der Waals surface area contributed by atoms with Gasteiger partial charge in [-0.05, 0) is 32.2 Å². The van der Waals surface area contributed by atoms with Gasteiger partial charge in [-0.15, -0.1) is 0 Å². The molecule has 0 spiro atoms. The number of nitrogens with zero attached hydrogens (tertiary/aromatic N) is 1. The zero-order valence-corrected chi connectivity index (χ0v) is 9.58. The first-order valence-electron chi connectivity index (χ1n) is 6.08. The molecular weight excluding hydrogens is 190 g/mol. The average molecular weight is 211 g/mol. The molecule has 1 saturated heterocycles. The lowest BCUT2D eigenvalue weighted by Crippen LogP contribution is -2.34. The first kappa shape index (κ1) is 11.1. The lowest BCUT2D eigenvalue weighted by molar-refractivity contribution is -0.117. The third-order valence-electron chi connectivity index (χ3n) is 3.78. The molecule has 0 amide bonds. The van der Waals surface area contributed by atoms with E-state index in [1.807, 2.05) is 0 Å². The van der Waals surface area contributed by atoms with Crippen LogP contribution in [0.4, 0.5) is 0 Å². The lowest BCUT2D eigenvalue weighted by Gasteiger charge is -2.26. The van der Waals surface area contributed by atoms with Crippen molar-refractivity contribution in [1.29, 1.82) is 0 Å². The second-order valence-corrected chi connectivity index (χ2v) is 4.76. The van der Waals surface area contributed by atoms with Gasteiger partial charge in [0.15, 0.2) is 0 Å². The number of methoxy groups -OCH3 is 1. The topological polar surface area (TPSA) is 29.5 Å². The fourth-order valence-electron chi connectivity index (χ4n) is 2.80. The van der Waals surface area contributed by atoms with Crippen molar-refractivity contribution in [3.05, 3.63) is 0 Å². The van der Waals surface area contributed by atoms with E-state index in [9.17, 15) is 4.79 Å². The Hall–Kier alpha value is -0.410. The highest BCUT2D eigenvalue weighted by molar-refractivity contribution is 5.81. The molecule has 1 saturated carbocycles. The van der Waals surface area contributed by atoms with Crippen LogP contribution < -0.4 is 0 Å². The van der Waals surface area contributed by atoms with Gasteiger partial charge in [0.25, 0.3) is 0 Å². The Morgan fingerprint density at radius 1 is 1.27 bits per heavy atom. The van der Waals surface area contributed by atoms with Crippen LogP contribution in [0.5, 0.6) is 0 Å². The summed E-state index contributed by atoms with van der Waals surface area (Å²) in [5.41, 5.74) is 0. The second kappa shape index (κ2) is 5.08. The molecule has 2 atom stereocenters. The number of Topliss-reactive ketones (excluding diaryl/α,β-unsaturated/α-hetero) is 1. The molecule has 2 fully saturated rings. The minimum absolute atomic E-state index is 0.437. The predicted octanol–water partition coefficient (Wildman–Crippen LogP) is 1.61. The van der Waals surface area contributed by atoms with E-state index in [1.54, 1.807) is 7.11 Å². The first-order chi connectivity index (χ1) is 7.29. The van der Waals surface area contributed by atoms with Gasteiger partial charge in [0.2, 0.25) is 0 Å². The highest BCUT2D eigenvalue weighted by atomic mass is 16.5. The van der Waals surface area contributed by atoms with Gasteiger partial charge < -0.3 is 4.74 Å². The Labute approximate surface area is 91.8 Å². The van der Waals surface area contributed by atoms with E-state index in [1.165, 1.54) is 12.8 Å². The summed E-state index contributed by atoms with van der Waals surface area (Å²) in [5.74, 6) is 0.451. The van der Waals surface area contributed by atoms with Gasteiger partial charge in [-0.3, -0.25) is 9.69 Å². The molecule has 15 heavy (non-hydrogen) atoms. The molecule has 3 heteroatoms. The highest BCUT2D eigenvalue weighted by Crippen LogP contribution is 2.24. The molecule has 0 aromatic heterocycles. The van der Waals surface area contributed by atoms with E-state index in [0.717, 1.165) is 38.8 Å². The number of likely N-dealkylation sites (tertiary alicyclic amines) is 1. The first-order valence-corrected chi connectivity index (χ1v) is 6.08. The molecule has 1 aliphatic carbocycles. The molecule has 2 rings (SSSR count). The summed E-state index contributed by atoms with van der Waals surface area (Å²) in [4.78, 5) is 13.8. The number of hydrogen-bond acceptors (Lipinski definition) is 3. The molecule has 0 radical (unpaired) electrons. The lowest BCUT2D eigenvalue weighted by atomic mass is 10.2. The Balaban J connectivity index is 1.85. The number of ether oxygens (including phenoxy) is 1. The van der Waals surface area contributed by atoms with Gasteiger partial charge in [-0.25, -0.2) is 0 Å². The van der Waals surface area contributed by atoms with E-state index in [0.29, 0.717) is 17.9 Å². The van der Waals surface area contributed by atoms with Crippen LogP contribution >= 0.6 is 0 Å². The van der Waals surface area contributed by atoms with Gasteiger partial charge >= 0.3 is 0 Å². The number of rotatable bonds is 2. The predicted molar refractivity (Wildman–Crippen MR) is 58.9 cm³/mol. The summed E-state index contributed by atoms with van der Waals surface area (Å²) in [6, 6.07) is 0.535. The van der Waals surface area contributed by atoms with Crippen LogP contribution in [0.1, 0.15) is 38.5 Å². The summed E-state index contributed by atoms with van der Waals surface area (Å²) in [6.07, 6.45) is 6.62. The molecule has 2 aliphatic rings. The van der Waals surface area contributed by atoms with E-state index in [-0.39, 0.29) is 0 Å². The Bertz CT molecular complexity index is 230. The summed E-state index contributed by atoms with van der Waals surface area (Å²) < 4.78 is 5.41. The maximum absolute atomic E-state index is 11.3. The monoisotopic (exact) mass is 211 g/mol. The van der Waals surface area contributed by atoms with Crippen molar-refractivity contribution in [1.82, 2.24) is 4.90 Å². The third-order valence-corrected chi connectivity index (χ3v) is 3.78. The van der Waals surface area contributed by atoms with Gasteiger partial charge in [0.1, 0.15) is 5.78 Å². The van der Waals surface area contributed by atoms with Gasteiger partial charge in [-0.1, -0.05) is 0 Å². The SMILES string of the molecule is COC1CCCN(C2CCC(=O)C2)CC1. The summed E-state index contributed by atoms with van der Waals surface area (Å²) in [6.45, 7) is 2.26. The molecule has 2 unspecified atom stereocenters. The zero-order chi connectivity index (χ0) is 10.7. The molecule has 0 aromatic carbocycles. The van der Waals surface area contributed by atoms with Crippen LogP contribution in [0.2, 0.25) is 0 Å². The van der Waals surface area contributed by atoms with Gasteiger partial charge in [0, 0.05) is 32.5 Å². The number of ketones is 1. The Morgan fingerprint density at radius 3 is 2.80 bits per heavy atom. The smallest absolute Gasteiger partial charge is 0.134 e. The summed E-state index contributed by atoms with van der Waals surface area (Å²) >= 11 is 0. The maximum atomic E-state index is 11.3. The average Bonchev–Trinajstić information content (AvgIpc) is 2.54. The Kier molecular flexibility index (Phi) is 3.76. The number of hydrogen-bond donors (Lipinski definition) is 0. The van der Waals surface area contributed by atoms with E-state index < -0.39 is 0 Å². The minimum atomic E-state index is 0.437. The van der Waals surface area contributed by atoms with Crippen LogP contribution in [0.25, 0.3) is 0 Å². The van der Waals surface area contributed by atoms with E-state index in [2.05, 4.69) is 4.90 Å². The normalized spacial score (nSPS) is 34.3. The minimum Gasteiger partial charge on any atom is -0.381 e. The molecule has 0 bridgehead atoms. The largest absolute Gasteiger partial charge is 0.381 e. The van der Waals surface area contributed by atoms with Crippen LogP contribution in [-0.4, -0.2) is 43.0 Å². The molecule has 0 aromatic rings. The van der Waals surface area contributed by atoms with Gasteiger partial charge in [-0.2, -0.15) is 0 Å². The molecule has 86 valence electrons. The Morgan fingerprint density at radius 2 is 2.13 bits per heavy atom. The van der Waals surface area contributed by atoms with Gasteiger partial charge in [0.05, 0.1) is 6.10 Å².